The summed E-state index contributed by atoms with van der Waals surface area (Å²) < 4.78 is 4.77. The van der Waals surface area contributed by atoms with Gasteiger partial charge in [0.25, 0.3) is 5.91 Å². The van der Waals surface area contributed by atoms with Gasteiger partial charge in [0.2, 0.25) is 5.76 Å². The normalized spacial score (nSPS) is 10.1. The summed E-state index contributed by atoms with van der Waals surface area (Å²) in [6.07, 6.45) is 1.41. The third-order valence-electron chi connectivity index (χ3n) is 2.16. The Morgan fingerprint density at radius 2 is 2.17 bits per heavy atom. The van der Waals surface area contributed by atoms with Crippen LogP contribution in [0.1, 0.15) is 26.6 Å². The first-order chi connectivity index (χ1) is 8.58. The van der Waals surface area contributed by atoms with Crippen LogP contribution in [0, 0.1) is 6.92 Å². The molecule has 0 bridgehead atoms. The SMILES string of the molecule is Cc1cnoc1C(=O)Nc1cccc(C(=O)O)n1. The molecular formula is C11H9N3O4. The molecule has 0 saturated heterocycles. The number of carbonyl (C=O) groups is 2. The minimum absolute atomic E-state index is 0.0672. The van der Waals surface area contributed by atoms with Gasteiger partial charge < -0.3 is 14.9 Å². The predicted octanol–water partition coefficient (Wildman–Crippen LogP) is 1.33. The van der Waals surface area contributed by atoms with Crippen LogP contribution in [0.25, 0.3) is 0 Å². The average molecular weight is 247 g/mol. The summed E-state index contributed by atoms with van der Waals surface area (Å²) >= 11 is 0. The molecule has 0 radical (unpaired) electrons. The van der Waals surface area contributed by atoms with Crippen molar-refractivity contribution in [1.82, 2.24) is 10.1 Å². The summed E-state index contributed by atoms with van der Waals surface area (Å²) in [4.78, 5) is 26.2. The van der Waals surface area contributed by atoms with E-state index in [1.807, 2.05) is 0 Å². The Kier molecular flexibility index (Phi) is 3.05. The first-order valence-electron chi connectivity index (χ1n) is 5.01. The predicted molar refractivity (Wildman–Crippen MR) is 60.4 cm³/mol. The molecule has 2 heterocycles. The number of aromatic carboxylic acids is 1. The van der Waals surface area contributed by atoms with E-state index in [0.29, 0.717) is 5.56 Å². The lowest BCUT2D eigenvalue weighted by molar-refractivity contribution is 0.0690. The molecule has 0 aromatic carbocycles. The van der Waals surface area contributed by atoms with E-state index in [1.165, 1.54) is 24.4 Å². The highest BCUT2D eigenvalue weighted by molar-refractivity contribution is 6.02. The van der Waals surface area contributed by atoms with Crippen molar-refractivity contribution in [2.45, 2.75) is 6.92 Å². The zero-order chi connectivity index (χ0) is 13.1. The van der Waals surface area contributed by atoms with Crippen LogP contribution < -0.4 is 5.32 Å². The number of aromatic nitrogens is 2. The number of amides is 1. The molecule has 0 aliphatic carbocycles. The minimum atomic E-state index is -1.16. The third-order valence-corrected chi connectivity index (χ3v) is 2.16. The monoisotopic (exact) mass is 247 g/mol. The van der Waals surface area contributed by atoms with E-state index in [0.717, 1.165) is 0 Å². The standard InChI is InChI=1S/C11H9N3O4/c1-6-5-12-18-9(6)10(15)14-8-4-2-3-7(13-8)11(16)17/h2-5H,1H3,(H,16,17)(H,13,14,15). The first kappa shape index (κ1) is 11.8. The number of hydrogen-bond acceptors (Lipinski definition) is 5. The molecule has 2 rings (SSSR count). The van der Waals surface area contributed by atoms with Gasteiger partial charge in [0, 0.05) is 5.56 Å². The van der Waals surface area contributed by atoms with Gasteiger partial charge in [0.15, 0.2) is 5.69 Å². The second-order valence-electron chi connectivity index (χ2n) is 3.51. The van der Waals surface area contributed by atoms with Crippen LogP contribution in [0.2, 0.25) is 0 Å². The van der Waals surface area contributed by atoms with Crippen LogP contribution >= 0.6 is 0 Å². The molecule has 7 heteroatoms. The van der Waals surface area contributed by atoms with Crippen LogP contribution in [-0.2, 0) is 0 Å². The van der Waals surface area contributed by atoms with Gasteiger partial charge in [-0.2, -0.15) is 0 Å². The Morgan fingerprint density at radius 1 is 1.39 bits per heavy atom. The summed E-state index contributed by atoms with van der Waals surface area (Å²) in [5.74, 6) is -1.49. The molecule has 2 N–H and O–H groups in total. The number of carboxylic acid groups (broad SMARTS) is 1. The highest BCUT2D eigenvalue weighted by Crippen LogP contribution is 2.10. The summed E-state index contributed by atoms with van der Waals surface area (Å²) in [6.45, 7) is 1.67. The quantitative estimate of drug-likeness (QED) is 0.847. The molecule has 0 fully saturated rings. The van der Waals surface area contributed by atoms with Gasteiger partial charge in [-0.3, -0.25) is 4.79 Å². The number of carboxylic acids is 1. The van der Waals surface area contributed by atoms with E-state index < -0.39 is 11.9 Å². The molecule has 2 aromatic rings. The van der Waals surface area contributed by atoms with Crippen LogP contribution in [0.4, 0.5) is 5.82 Å². The van der Waals surface area contributed by atoms with E-state index in [2.05, 4.69) is 15.5 Å². The Morgan fingerprint density at radius 3 is 2.78 bits per heavy atom. The van der Waals surface area contributed by atoms with E-state index in [1.54, 1.807) is 6.92 Å². The van der Waals surface area contributed by atoms with E-state index >= 15 is 0 Å². The van der Waals surface area contributed by atoms with Gasteiger partial charge in [0.1, 0.15) is 5.82 Å². The van der Waals surface area contributed by atoms with Crippen molar-refractivity contribution >= 4 is 17.7 Å². The first-order valence-corrected chi connectivity index (χ1v) is 5.01. The number of hydrogen-bond donors (Lipinski definition) is 2. The molecule has 1 amide bonds. The number of pyridine rings is 1. The Bertz CT molecular complexity index is 606. The Hall–Kier alpha value is -2.70. The van der Waals surface area contributed by atoms with Crippen molar-refractivity contribution in [2.75, 3.05) is 5.32 Å². The van der Waals surface area contributed by atoms with Gasteiger partial charge in [0.05, 0.1) is 6.20 Å². The number of carbonyl (C=O) groups excluding carboxylic acids is 1. The fourth-order valence-electron chi connectivity index (χ4n) is 1.31. The van der Waals surface area contributed by atoms with Crippen LogP contribution in [0.15, 0.2) is 28.9 Å². The maximum absolute atomic E-state index is 11.7. The summed E-state index contributed by atoms with van der Waals surface area (Å²) in [5, 5.41) is 14.7. The molecule has 0 aliphatic rings. The van der Waals surface area contributed by atoms with Crippen LogP contribution in [0.3, 0.4) is 0 Å². The molecular weight excluding hydrogens is 238 g/mol. The second kappa shape index (κ2) is 4.66. The van der Waals surface area contributed by atoms with Crippen molar-refractivity contribution in [3.05, 3.63) is 41.4 Å². The smallest absolute Gasteiger partial charge is 0.354 e. The van der Waals surface area contributed by atoms with Gasteiger partial charge in [-0.1, -0.05) is 11.2 Å². The second-order valence-corrected chi connectivity index (χ2v) is 3.51. The van der Waals surface area contributed by atoms with Gasteiger partial charge in [-0.15, -0.1) is 0 Å². The molecule has 0 unspecified atom stereocenters. The van der Waals surface area contributed by atoms with Crippen molar-refractivity contribution in [3.63, 3.8) is 0 Å². The molecule has 92 valence electrons. The van der Waals surface area contributed by atoms with Gasteiger partial charge in [-0.25, -0.2) is 9.78 Å². The Balaban J connectivity index is 2.20. The average Bonchev–Trinajstić information content (AvgIpc) is 2.76. The molecule has 0 aliphatic heterocycles. The van der Waals surface area contributed by atoms with E-state index in [9.17, 15) is 9.59 Å². The maximum Gasteiger partial charge on any atom is 0.354 e. The van der Waals surface area contributed by atoms with Crippen molar-refractivity contribution < 1.29 is 19.2 Å². The zero-order valence-electron chi connectivity index (χ0n) is 9.38. The molecule has 0 spiro atoms. The fraction of sp³-hybridized carbons (Fsp3) is 0.0909. The van der Waals surface area contributed by atoms with Gasteiger partial charge >= 0.3 is 5.97 Å². The van der Waals surface area contributed by atoms with Gasteiger partial charge in [-0.05, 0) is 19.1 Å². The van der Waals surface area contributed by atoms with E-state index in [4.69, 9.17) is 9.63 Å². The van der Waals surface area contributed by atoms with E-state index in [-0.39, 0.29) is 17.3 Å². The zero-order valence-corrected chi connectivity index (χ0v) is 9.38. The van der Waals surface area contributed by atoms with Crippen molar-refractivity contribution in [1.29, 1.82) is 0 Å². The van der Waals surface area contributed by atoms with Crippen molar-refractivity contribution in [2.24, 2.45) is 0 Å². The molecule has 18 heavy (non-hydrogen) atoms. The maximum atomic E-state index is 11.7. The molecule has 7 nitrogen and oxygen atoms in total. The summed E-state index contributed by atoms with van der Waals surface area (Å²) in [6, 6.07) is 4.30. The molecule has 0 atom stereocenters. The minimum Gasteiger partial charge on any atom is -0.477 e. The Labute approximate surface area is 101 Å². The lowest BCUT2D eigenvalue weighted by atomic mass is 10.3. The highest BCUT2D eigenvalue weighted by Gasteiger charge is 2.15. The lowest BCUT2D eigenvalue weighted by Crippen LogP contribution is -2.14. The largest absolute Gasteiger partial charge is 0.477 e. The van der Waals surface area contributed by atoms with Crippen molar-refractivity contribution in [3.8, 4) is 0 Å². The summed E-state index contributed by atoms with van der Waals surface area (Å²) in [7, 11) is 0. The number of aryl methyl sites for hydroxylation is 1. The molecule has 2 aromatic heterocycles. The van der Waals surface area contributed by atoms with Crippen LogP contribution in [-0.4, -0.2) is 27.1 Å². The fourth-order valence-corrected chi connectivity index (χ4v) is 1.31. The van der Waals surface area contributed by atoms with Crippen LogP contribution in [0.5, 0.6) is 0 Å². The summed E-state index contributed by atoms with van der Waals surface area (Å²) in [5.41, 5.74) is 0.434. The number of rotatable bonds is 3. The lowest BCUT2D eigenvalue weighted by Gasteiger charge is -2.03. The highest BCUT2D eigenvalue weighted by atomic mass is 16.5. The third kappa shape index (κ3) is 2.34. The molecule has 0 saturated carbocycles. The number of nitrogens with zero attached hydrogens (tertiary/aromatic N) is 2. The topological polar surface area (TPSA) is 105 Å². The number of nitrogens with one attached hydrogen (secondary N) is 1. The number of anilines is 1.